The summed E-state index contributed by atoms with van der Waals surface area (Å²) in [4.78, 5) is 2.54. The van der Waals surface area contributed by atoms with E-state index in [1.807, 2.05) is 0 Å². The summed E-state index contributed by atoms with van der Waals surface area (Å²) in [5, 5.41) is 3.63. The molecule has 118 valence electrons. The lowest BCUT2D eigenvalue weighted by molar-refractivity contribution is -0.0685. The fourth-order valence-electron chi connectivity index (χ4n) is 3.30. The van der Waals surface area contributed by atoms with Gasteiger partial charge >= 0.3 is 0 Å². The summed E-state index contributed by atoms with van der Waals surface area (Å²) in [7, 11) is 0. The number of hydrogen-bond donors (Lipinski definition) is 1. The highest BCUT2D eigenvalue weighted by Gasteiger charge is 2.22. The van der Waals surface area contributed by atoms with Crippen molar-refractivity contribution in [3.63, 3.8) is 0 Å². The highest BCUT2D eigenvalue weighted by molar-refractivity contribution is 5.25. The lowest BCUT2D eigenvalue weighted by Crippen LogP contribution is -2.46. The summed E-state index contributed by atoms with van der Waals surface area (Å²) in [6.45, 7) is 12.9. The van der Waals surface area contributed by atoms with E-state index in [0.717, 1.165) is 32.6 Å². The number of nitrogens with zero attached hydrogens (tertiary/aromatic N) is 1. The standard InChI is InChI=1S/C18H30N2O/c1-5-19-18(17-8-6-7-14(2)11-17)9-10-20-12-15(3)21-16(4)13-20/h6-8,11,15-16,18-19H,5,9-10,12-13H2,1-4H3/t15-,16+,18?. The highest BCUT2D eigenvalue weighted by Crippen LogP contribution is 2.20. The molecule has 0 saturated carbocycles. The van der Waals surface area contributed by atoms with Crippen LogP contribution in [0.2, 0.25) is 0 Å². The van der Waals surface area contributed by atoms with Gasteiger partial charge in [0, 0.05) is 25.7 Å². The number of benzene rings is 1. The molecule has 0 aliphatic carbocycles. The molecule has 0 aromatic heterocycles. The normalized spacial score (nSPS) is 25.0. The molecule has 3 nitrogen and oxygen atoms in total. The lowest BCUT2D eigenvalue weighted by Gasteiger charge is -2.36. The first kappa shape index (κ1) is 16.5. The number of ether oxygens (including phenoxy) is 1. The molecule has 2 rings (SSSR count). The third kappa shape index (κ3) is 5.10. The van der Waals surface area contributed by atoms with Crippen molar-refractivity contribution in [2.24, 2.45) is 0 Å². The van der Waals surface area contributed by atoms with Crippen LogP contribution in [-0.4, -0.2) is 43.3 Å². The third-order valence-electron chi connectivity index (χ3n) is 4.12. The van der Waals surface area contributed by atoms with E-state index in [1.165, 1.54) is 11.1 Å². The Kier molecular flexibility index (Phi) is 6.22. The maximum Gasteiger partial charge on any atom is 0.0678 e. The molecule has 1 saturated heterocycles. The zero-order valence-corrected chi connectivity index (χ0v) is 13.9. The van der Waals surface area contributed by atoms with E-state index in [2.05, 4.69) is 62.2 Å². The largest absolute Gasteiger partial charge is 0.373 e. The Labute approximate surface area is 129 Å². The molecule has 3 heteroatoms. The summed E-state index contributed by atoms with van der Waals surface area (Å²) < 4.78 is 5.81. The summed E-state index contributed by atoms with van der Waals surface area (Å²) in [5.74, 6) is 0. The van der Waals surface area contributed by atoms with Gasteiger partial charge in [-0.05, 0) is 39.3 Å². The monoisotopic (exact) mass is 290 g/mol. The second-order valence-electron chi connectivity index (χ2n) is 6.33. The Balaban J connectivity index is 1.94. The quantitative estimate of drug-likeness (QED) is 0.871. The number of hydrogen-bond acceptors (Lipinski definition) is 3. The number of rotatable bonds is 6. The molecule has 0 radical (unpaired) electrons. The first-order valence-corrected chi connectivity index (χ1v) is 8.26. The van der Waals surface area contributed by atoms with Gasteiger partial charge in [0.05, 0.1) is 12.2 Å². The van der Waals surface area contributed by atoms with E-state index < -0.39 is 0 Å². The van der Waals surface area contributed by atoms with Crippen LogP contribution in [0.15, 0.2) is 24.3 Å². The first-order valence-electron chi connectivity index (χ1n) is 8.26. The summed E-state index contributed by atoms with van der Waals surface area (Å²) in [6.07, 6.45) is 1.85. The van der Waals surface area contributed by atoms with Gasteiger partial charge in [0.1, 0.15) is 0 Å². The van der Waals surface area contributed by atoms with E-state index >= 15 is 0 Å². The minimum atomic E-state index is 0.352. The van der Waals surface area contributed by atoms with Crippen LogP contribution in [0.1, 0.15) is 44.4 Å². The van der Waals surface area contributed by atoms with Crippen molar-refractivity contribution >= 4 is 0 Å². The summed E-state index contributed by atoms with van der Waals surface area (Å²) in [6, 6.07) is 9.32. The smallest absolute Gasteiger partial charge is 0.0678 e. The van der Waals surface area contributed by atoms with Crippen LogP contribution in [0.5, 0.6) is 0 Å². The van der Waals surface area contributed by atoms with Gasteiger partial charge in [-0.1, -0.05) is 36.8 Å². The van der Waals surface area contributed by atoms with Crippen LogP contribution in [0.25, 0.3) is 0 Å². The molecule has 1 fully saturated rings. The molecule has 1 aromatic carbocycles. The Morgan fingerprint density at radius 2 is 2.00 bits per heavy atom. The van der Waals surface area contributed by atoms with E-state index in [-0.39, 0.29) is 0 Å². The van der Waals surface area contributed by atoms with Gasteiger partial charge in [-0.2, -0.15) is 0 Å². The molecule has 1 heterocycles. The average Bonchev–Trinajstić information content (AvgIpc) is 2.42. The fraction of sp³-hybridized carbons (Fsp3) is 0.667. The van der Waals surface area contributed by atoms with Gasteiger partial charge in [-0.15, -0.1) is 0 Å². The minimum absolute atomic E-state index is 0.352. The third-order valence-corrected chi connectivity index (χ3v) is 4.12. The Morgan fingerprint density at radius 1 is 1.29 bits per heavy atom. The zero-order valence-electron chi connectivity index (χ0n) is 13.9. The molecule has 1 aliphatic rings. The number of nitrogens with one attached hydrogen (secondary N) is 1. The van der Waals surface area contributed by atoms with E-state index in [4.69, 9.17) is 4.74 Å². The van der Waals surface area contributed by atoms with Gasteiger partial charge in [0.15, 0.2) is 0 Å². The van der Waals surface area contributed by atoms with Crippen molar-refractivity contribution in [1.82, 2.24) is 10.2 Å². The predicted molar refractivity (Wildman–Crippen MR) is 88.7 cm³/mol. The second-order valence-corrected chi connectivity index (χ2v) is 6.33. The zero-order chi connectivity index (χ0) is 15.2. The van der Waals surface area contributed by atoms with Crippen LogP contribution in [0.3, 0.4) is 0 Å². The molecule has 21 heavy (non-hydrogen) atoms. The molecule has 1 N–H and O–H groups in total. The van der Waals surface area contributed by atoms with Crippen molar-refractivity contribution in [3.8, 4) is 0 Å². The van der Waals surface area contributed by atoms with Crippen LogP contribution >= 0.6 is 0 Å². The molecule has 0 spiro atoms. The molecule has 1 aliphatic heterocycles. The van der Waals surface area contributed by atoms with Crippen LogP contribution in [0.4, 0.5) is 0 Å². The van der Waals surface area contributed by atoms with Gasteiger partial charge in [0.2, 0.25) is 0 Å². The summed E-state index contributed by atoms with van der Waals surface area (Å²) >= 11 is 0. The molecule has 0 bridgehead atoms. The van der Waals surface area contributed by atoms with Crippen LogP contribution in [-0.2, 0) is 4.74 Å². The predicted octanol–water partition coefficient (Wildman–Crippen LogP) is 3.14. The highest BCUT2D eigenvalue weighted by atomic mass is 16.5. The van der Waals surface area contributed by atoms with Crippen molar-refractivity contribution in [1.29, 1.82) is 0 Å². The van der Waals surface area contributed by atoms with Crippen LogP contribution in [0, 0.1) is 6.92 Å². The fourth-order valence-corrected chi connectivity index (χ4v) is 3.30. The van der Waals surface area contributed by atoms with Gasteiger partial charge in [0.25, 0.3) is 0 Å². The van der Waals surface area contributed by atoms with Crippen LogP contribution < -0.4 is 5.32 Å². The van der Waals surface area contributed by atoms with E-state index in [1.54, 1.807) is 0 Å². The average molecular weight is 290 g/mol. The summed E-state index contributed by atoms with van der Waals surface area (Å²) in [5.41, 5.74) is 2.75. The molecular formula is C18H30N2O. The topological polar surface area (TPSA) is 24.5 Å². The Hall–Kier alpha value is -0.900. The second kappa shape index (κ2) is 7.92. The number of aryl methyl sites for hydroxylation is 1. The molecular weight excluding hydrogens is 260 g/mol. The molecule has 1 aromatic rings. The Bertz CT molecular complexity index is 425. The molecule has 1 unspecified atom stereocenters. The number of morpholine rings is 1. The van der Waals surface area contributed by atoms with Gasteiger partial charge < -0.3 is 10.1 Å². The van der Waals surface area contributed by atoms with E-state index in [9.17, 15) is 0 Å². The van der Waals surface area contributed by atoms with Crippen molar-refractivity contribution in [3.05, 3.63) is 35.4 Å². The van der Waals surface area contributed by atoms with Crippen molar-refractivity contribution < 1.29 is 4.74 Å². The van der Waals surface area contributed by atoms with Crippen molar-refractivity contribution in [2.45, 2.75) is 52.4 Å². The van der Waals surface area contributed by atoms with Gasteiger partial charge in [-0.3, -0.25) is 4.90 Å². The minimum Gasteiger partial charge on any atom is -0.373 e. The SMILES string of the molecule is CCNC(CCN1C[C@@H](C)O[C@@H](C)C1)c1cccc(C)c1. The van der Waals surface area contributed by atoms with Crippen molar-refractivity contribution in [2.75, 3.05) is 26.2 Å². The lowest BCUT2D eigenvalue weighted by atomic mass is 10.0. The first-order chi connectivity index (χ1) is 10.1. The molecule has 3 atom stereocenters. The maximum atomic E-state index is 5.81. The maximum absolute atomic E-state index is 5.81. The van der Waals surface area contributed by atoms with Gasteiger partial charge in [-0.25, -0.2) is 0 Å². The van der Waals surface area contributed by atoms with E-state index in [0.29, 0.717) is 18.2 Å². The molecule has 0 amide bonds. The Morgan fingerprint density at radius 3 is 2.62 bits per heavy atom.